The number of para-hydroxylation sites is 1. The average Bonchev–Trinajstić information content (AvgIpc) is 3.34. The van der Waals surface area contributed by atoms with Gasteiger partial charge in [0.15, 0.2) is 5.16 Å². The molecule has 5 nitrogen and oxygen atoms in total. The van der Waals surface area contributed by atoms with E-state index in [9.17, 15) is 4.79 Å². The van der Waals surface area contributed by atoms with Gasteiger partial charge in [0.05, 0.1) is 5.75 Å². The van der Waals surface area contributed by atoms with Crippen molar-refractivity contribution in [1.82, 2.24) is 19.9 Å². The first-order valence-corrected chi connectivity index (χ1v) is 11.1. The van der Waals surface area contributed by atoms with E-state index >= 15 is 0 Å². The standard InChI is InChI=1S/C22H20Cl2N4OS/c1-28-9-8-25-22(28)30-13-21(29)27-12-17(15-7-6-14(23)10-19(15)24)18-11-26-20-5-3-2-4-16(18)20/h2-11,17,26H,12-13H2,1H3,(H,27,29)/t17-/m0/s1. The molecule has 1 amide bonds. The van der Waals surface area contributed by atoms with Crippen LogP contribution in [-0.4, -0.2) is 32.7 Å². The highest BCUT2D eigenvalue weighted by Crippen LogP contribution is 2.35. The number of carbonyl (C=O) groups is 1. The number of amides is 1. The first-order chi connectivity index (χ1) is 14.5. The highest BCUT2D eigenvalue weighted by molar-refractivity contribution is 7.99. The Balaban J connectivity index is 1.56. The fourth-order valence-electron chi connectivity index (χ4n) is 3.44. The average molecular weight is 459 g/mol. The first kappa shape index (κ1) is 20.8. The maximum absolute atomic E-state index is 12.5. The first-order valence-electron chi connectivity index (χ1n) is 9.40. The number of halogens is 2. The van der Waals surface area contributed by atoms with Gasteiger partial charge in [0, 0.05) is 59.0 Å². The Labute approximate surface area is 188 Å². The molecule has 0 spiro atoms. The third-order valence-corrected chi connectivity index (χ3v) is 6.57. The van der Waals surface area contributed by atoms with Gasteiger partial charge in [-0.2, -0.15) is 0 Å². The van der Waals surface area contributed by atoms with Crippen LogP contribution in [0, 0.1) is 0 Å². The molecule has 4 rings (SSSR count). The zero-order valence-electron chi connectivity index (χ0n) is 16.2. The lowest BCUT2D eigenvalue weighted by molar-refractivity contribution is -0.118. The number of fused-ring (bicyclic) bond motifs is 1. The molecule has 2 N–H and O–H groups in total. The smallest absolute Gasteiger partial charge is 0.230 e. The molecular weight excluding hydrogens is 439 g/mol. The fourth-order valence-corrected chi connectivity index (χ4v) is 4.74. The fraction of sp³-hybridized carbons (Fsp3) is 0.182. The van der Waals surface area contributed by atoms with Gasteiger partial charge in [0.2, 0.25) is 5.91 Å². The zero-order valence-corrected chi connectivity index (χ0v) is 18.6. The van der Waals surface area contributed by atoms with Crippen LogP contribution in [-0.2, 0) is 11.8 Å². The van der Waals surface area contributed by atoms with Gasteiger partial charge in [-0.25, -0.2) is 4.98 Å². The number of imidazole rings is 1. The number of nitrogens with zero attached hydrogens (tertiary/aromatic N) is 2. The van der Waals surface area contributed by atoms with Gasteiger partial charge in [-0.15, -0.1) is 0 Å². The number of carbonyl (C=O) groups excluding carboxylic acids is 1. The lowest BCUT2D eigenvalue weighted by Crippen LogP contribution is -2.30. The minimum atomic E-state index is -0.118. The Morgan fingerprint density at radius 3 is 2.83 bits per heavy atom. The van der Waals surface area contributed by atoms with Crippen LogP contribution >= 0.6 is 35.0 Å². The molecule has 0 radical (unpaired) electrons. The molecule has 0 fully saturated rings. The van der Waals surface area contributed by atoms with Gasteiger partial charge in [0.1, 0.15) is 0 Å². The second-order valence-electron chi connectivity index (χ2n) is 6.92. The number of benzene rings is 2. The predicted molar refractivity (Wildman–Crippen MR) is 124 cm³/mol. The van der Waals surface area contributed by atoms with Crippen molar-refractivity contribution in [3.05, 3.63) is 82.2 Å². The van der Waals surface area contributed by atoms with Gasteiger partial charge in [-0.05, 0) is 29.3 Å². The van der Waals surface area contributed by atoms with Crippen LogP contribution < -0.4 is 5.32 Å². The minimum absolute atomic E-state index is 0.0575. The summed E-state index contributed by atoms with van der Waals surface area (Å²) in [6.45, 7) is 0.420. The summed E-state index contributed by atoms with van der Waals surface area (Å²) in [6, 6.07) is 13.6. The number of thioether (sulfide) groups is 1. The topological polar surface area (TPSA) is 62.7 Å². The minimum Gasteiger partial charge on any atom is -0.361 e. The summed E-state index contributed by atoms with van der Waals surface area (Å²) in [4.78, 5) is 20.1. The number of nitrogens with one attached hydrogen (secondary N) is 2. The van der Waals surface area contributed by atoms with E-state index in [0.717, 1.165) is 27.2 Å². The summed E-state index contributed by atoms with van der Waals surface area (Å²) < 4.78 is 1.89. The summed E-state index contributed by atoms with van der Waals surface area (Å²) >= 11 is 14.0. The van der Waals surface area contributed by atoms with E-state index < -0.39 is 0 Å². The third-order valence-electron chi connectivity index (χ3n) is 4.95. The maximum atomic E-state index is 12.5. The predicted octanol–water partition coefficient (Wildman–Crippen LogP) is 5.25. The SMILES string of the molecule is Cn1ccnc1SCC(=O)NC[C@@H](c1ccc(Cl)cc1Cl)c1c[nH]c2ccccc12. The van der Waals surface area contributed by atoms with Gasteiger partial charge in [-0.1, -0.05) is 59.2 Å². The van der Waals surface area contributed by atoms with Crippen molar-refractivity contribution < 1.29 is 4.79 Å². The van der Waals surface area contributed by atoms with E-state index in [2.05, 4.69) is 21.4 Å². The molecule has 2 heterocycles. The second-order valence-corrected chi connectivity index (χ2v) is 8.71. The maximum Gasteiger partial charge on any atom is 0.230 e. The Morgan fingerprint density at radius 1 is 1.23 bits per heavy atom. The van der Waals surface area contributed by atoms with E-state index in [1.165, 1.54) is 11.8 Å². The van der Waals surface area contributed by atoms with Crippen molar-refractivity contribution in [2.75, 3.05) is 12.3 Å². The molecule has 0 saturated heterocycles. The Kier molecular flexibility index (Phi) is 6.37. The molecule has 0 unspecified atom stereocenters. The van der Waals surface area contributed by atoms with Crippen molar-refractivity contribution >= 4 is 51.8 Å². The quantitative estimate of drug-likeness (QED) is 0.371. The number of aromatic nitrogens is 3. The molecule has 0 aliphatic rings. The monoisotopic (exact) mass is 458 g/mol. The Bertz CT molecular complexity index is 1190. The molecule has 0 aliphatic heterocycles. The molecule has 0 bridgehead atoms. The number of rotatable bonds is 7. The summed E-state index contributed by atoms with van der Waals surface area (Å²) in [5.41, 5.74) is 3.04. The van der Waals surface area contributed by atoms with Crippen LogP contribution in [0.1, 0.15) is 17.0 Å². The van der Waals surface area contributed by atoms with E-state index in [-0.39, 0.29) is 11.8 Å². The van der Waals surface area contributed by atoms with E-state index in [4.69, 9.17) is 23.2 Å². The normalized spacial score (nSPS) is 12.2. The van der Waals surface area contributed by atoms with E-state index in [1.54, 1.807) is 12.3 Å². The summed E-state index contributed by atoms with van der Waals surface area (Å²) in [6.07, 6.45) is 5.56. The number of hydrogen-bond donors (Lipinski definition) is 2. The second kappa shape index (κ2) is 9.16. The van der Waals surface area contributed by atoms with Crippen molar-refractivity contribution in [2.24, 2.45) is 7.05 Å². The lowest BCUT2D eigenvalue weighted by Gasteiger charge is -2.19. The van der Waals surface area contributed by atoms with Gasteiger partial charge >= 0.3 is 0 Å². The molecule has 0 aliphatic carbocycles. The van der Waals surface area contributed by atoms with Crippen LogP contribution in [0.5, 0.6) is 0 Å². The number of H-pyrrole nitrogens is 1. The number of aromatic amines is 1. The van der Waals surface area contributed by atoms with Crippen LogP contribution in [0.25, 0.3) is 10.9 Å². The largest absolute Gasteiger partial charge is 0.361 e. The van der Waals surface area contributed by atoms with Gasteiger partial charge in [-0.3, -0.25) is 4.79 Å². The Hall–Kier alpha value is -2.41. The van der Waals surface area contributed by atoms with Crippen molar-refractivity contribution in [2.45, 2.75) is 11.1 Å². The molecule has 154 valence electrons. The summed E-state index contributed by atoms with van der Waals surface area (Å²) in [5, 5.41) is 6.12. The van der Waals surface area contributed by atoms with Crippen molar-refractivity contribution in [3.8, 4) is 0 Å². The third kappa shape index (κ3) is 4.51. The molecule has 30 heavy (non-hydrogen) atoms. The van der Waals surface area contributed by atoms with Crippen molar-refractivity contribution in [3.63, 3.8) is 0 Å². The molecule has 8 heteroatoms. The molecule has 2 aromatic heterocycles. The Morgan fingerprint density at radius 2 is 2.07 bits per heavy atom. The van der Waals surface area contributed by atoms with Gasteiger partial charge < -0.3 is 14.9 Å². The number of aryl methyl sites for hydroxylation is 1. The van der Waals surface area contributed by atoms with Crippen LogP contribution in [0.2, 0.25) is 10.0 Å². The highest BCUT2D eigenvalue weighted by Gasteiger charge is 2.21. The van der Waals surface area contributed by atoms with Crippen molar-refractivity contribution in [1.29, 1.82) is 0 Å². The van der Waals surface area contributed by atoms with Crippen LogP contribution in [0.3, 0.4) is 0 Å². The van der Waals surface area contributed by atoms with E-state index in [0.29, 0.717) is 22.3 Å². The summed E-state index contributed by atoms with van der Waals surface area (Å²) in [7, 11) is 1.91. The molecule has 1 atom stereocenters. The summed E-state index contributed by atoms with van der Waals surface area (Å²) in [5.74, 6) is 0.116. The van der Waals surface area contributed by atoms with E-state index in [1.807, 2.05) is 54.3 Å². The van der Waals surface area contributed by atoms with Crippen LogP contribution in [0.4, 0.5) is 0 Å². The van der Waals surface area contributed by atoms with Crippen LogP contribution in [0.15, 0.2) is 66.2 Å². The molecule has 2 aromatic carbocycles. The molecular formula is C22H20Cl2N4OS. The lowest BCUT2D eigenvalue weighted by atomic mass is 9.90. The van der Waals surface area contributed by atoms with Gasteiger partial charge in [0.25, 0.3) is 0 Å². The number of hydrogen-bond acceptors (Lipinski definition) is 3. The zero-order chi connectivity index (χ0) is 21.1. The molecule has 4 aromatic rings. The highest BCUT2D eigenvalue weighted by atomic mass is 35.5. The molecule has 0 saturated carbocycles.